The third kappa shape index (κ3) is 4.08. The SMILES string of the molecule is Cc1cc(C)cc(C(O)CSc2ccc(F)cc2)c1. The van der Waals surface area contributed by atoms with Crippen LogP contribution in [0, 0.1) is 19.7 Å². The van der Waals surface area contributed by atoms with Gasteiger partial charge in [-0.05, 0) is 43.7 Å². The van der Waals surface area contributed by atoms with Gasteiger partial charge in [0.2, 0.25) is 0 Å². The number of thioether (sulfide) groups is 1. The molecule has 0 radical (unpaired) electrons. The summed E-state index contributed by atoms with van der Waals surface area (Å²) in [5.74, 6) is 0.327. The zero-order valence-corrected chi connectivity index (χ0v) is 11.9. The average Bonchev–Trinajstić information content (AvgIpc) is 2.36. The maximum Gasteiger partial charge on any atom is 0.123 e. The lowest BCUT2D eigenvalue weighted by Gasteiger charge is -2.12. The summed E-state index contributed by atoms with van der Waals surface area (Å²) in [5.41, 5.74) is 3.24. The van der Waals surface area contributed by atoms with Crippen LogP contribution in [0.2, 0.25) is 0 Å². The number of hydrogen-bond donors (Lipinski definition) is 1. The number of aryl methyl sites for hydroxylation is 2. The van der Waals surface area contributed by atoms with Gasteiger partial charge in [-0.15, -0.1) is 11.8 Å². The first-order chi connectivity index (χ1) is 9.04. The summed E-state index contributed by atoms with van der Waals surface area (Å²) in [6, 6.07) is 12.4. The number of aliphatic hydroxyl groups is 1. The Kier molecular flexibility index (Phi) is 4.61. The molecule has 2 aromatic rings. The van der Waals surface area contributed by atoms with E-state index in [-0.39, 0.29) is 5.82 Å². The quantitative estimate of drug-likeness (QED) is 0.842. The predicted molar refractivity (Wildman–Crippen MR) is 78.0 cm³/mol. The van der Waals surface area contributed by atoms with Crippen LogP contribution in [0.5, 0.6) is 0 Å². The summed E-state index contributed by atoms with van der Waals surface area (Å²) in [6.07, 6.45) is -0.506. The van der Waals surface area contributed by atoms with Crippen molar-refractivity contribution in [2.75, 3.05) is 5.75 Å². The molecule has 0 amide bonds. The van der Waals surface area contributed by atoms with Crippen molar-refractivity contribution in [3.05, 3.63) is 65.0 Å². The van der Waals surface area contributed by atoms with Gasteiger partial charge < -0.3 is 5.11 Å². The van der Waals surface area contributed by atoms with E-state index in [9.17, 15) is 9.50 Å². The van der Waals surface area contributed by atoms with Gasteiger partial charge in [0.05, 0.1) is 6.10 Å². The number of rotatable bonds is 4. The third-order valence-electron chi connectivity index (χ3n) is 2.85. The van der Waals surface area contributed by atoms with Gasteiger partial charge >= 0.3 is 0 Å². The second kappa shape index (κ2) is 6.22. The molecule has 0 aliphatic heterocycles. The highest BCUT2D eigenvalue weighted by molar-refractivity contribution is 7.99. The number of benzene rings is 2. The Morgan fingerprint density at radius 1 is 1.05 bits per heavy atom. The van der Waals surface area contributed by atoms with E-state index in [1.807, 2.05) is 26.0 Å². The van der Waals surface area contributed by atoms with Gasteiger partial charge in [-0.2, -0.15) is 0 Å². The molecule has 1 unspecified atom stereocenters. The molecule has 1 atom stereocenters. The van der Waals surface area contributed by atoms with E-state index in [0.717, 1.165) is 21.6 Å². The molecule has 0 heterocycles. The number of halogens is 1. The Bertz CT molecular complexity index is 531. The van der Waals surface area contributed by atoms with Crippen molar-refractivity contribution >= 4 is 11.8 Å². The van der Waals surface area contributed by atoms with Gasteiger partial charge in [-0.3, -0.25) is 0 Å². The molecule has 0 saturated heterocycles. The van der Waals surface area contributed by atoms with Crippen LogP contribution < -0.4 is 0 Å². The molecule has 1 nitrogen and oxygen atoms in total. The first-order valence-electron chi connectivity index (χ1n) is 6.19. The van der Waals surface area contributed by atoms with E-state index >= 15 is 0 Å². The Labute approximate surface area is 117 Å². The Morgan fingerprint density at radius 3 is 2.21 bits per heavy atom. The van der Waals surface area contributed by atoms with Gasteiger partial charge in [-0.1, -0.05) is 29.3 Å². The predicted octanol–water partition coefficient (Wildman–Crippen LogP) is 4.27. The smallest absolute Gasteiger partial charge is 0.123 e. The molecule has 100 valence electrons. The van der Waals surface area contributed by atoms with E-state index < -0.39 is 6.10 Å². The first kappa shape index (κ1) is 14.1. The van der Waals surface area contributed by atoms with Crippen LogP contribution in [-0.2, 0) is 0 Å². The molecule has 0 aromatic heterocycles. The van der Waals surface area contributed by atoms with Gasteiger partial charge in [0.15, 0.2) is 0 Å². The van der Waals surface area contributed by atoms with Crippen molar-refractivity contribution in [1.82, 2.24) is 0 Å². The normalized spacial score (nSPS) is 12.4. The molecular weight excluding hydrogens is 259 g/mol. The fraction of sp³-hybridized carbons (Fsp3) is 0.250. The van der Waals surface area contributed by atoms with Gasteiger partial charge in [0.1, 0.15) is 5.82 Å². The molecule has 2 rings (SSSR count). The van der Waals surface area contributed by atoms with Crippen LogP contribution >= 0.6 is 11.8 Å². The zero-order chi connectivity index (χ0) is 13.8. The molecule has 0 fully saturated rings. The number of hydrogen-bond acceptors (Lipinski definition) is 2. The van der Waals surface area contributed by atoms with Crippen molar-refractivity contribution in [2.45, 2.75) is 24.8 Å². The summed E-state index contributed by atoms with van der Waals surface area (Å²) in [5, 5.41) is 10.2. The van der Waals surface area contributed by atoms with E-state index in [0.29, 0.717) is 5.75 Å². The number of aliphatic hydroxyl groups excluding tert-OH is 1. The van der Waals surface area contributed by atoms with Crippen molar-refractivity contribution < 1.29 is 9.50 Å². The standard InChI is InChI=1S/C16H17FOS/c1-11-7-12(2)9-13(8-11)16(18)10-19-15-5-3-14(17)4-6-15/h3-9,16,18H,10H2,1-2H3. The molecular formula is C16H17FOS. The molecule has 2 aromatic carbocycles. The first-order valence-corrected chi connectivity index (χ1v) is 7.18. The highest BCUT2D eigenvalue weighted by Gasteiger charge is 2.09. The van der Waals surface area contributed by atoms with Crippen LogP contribution in [0.15, 0.2) is 47.4 Å². The van der Waals surface area contributed by atoms with Gasteiger partial charge in [0, 0.05) is 10.6 Å². The van der Waals surface area contributed by atoms with Crippen molar-refractivity contribution in [1.29, 1.82) is 0 Å². The molecule has 0 aliphatic rings. The second-order valence-corrected chi connectivity index (χ2v) is 5.80. The second-order valence-electron chi connectivity index (χ2n) is 4.70. The van der Waals surface area contributed by atoms with Crippen LogP contribution in [-0.4, -0.2) is 10.9 Å². The molecule has 0 bridgehead atoms. The van der Waals surface area contributed by atoms with E-state index in [2.05, 4.69) is 6.07 Å². The minimum absolute atomic E-state index is 0.237. The summed E-state index contributed by atoms with van der Waals surface area (Å²) in [7, 11) is 0. The molecule has 19 heavy (non-hydrogen) atoms. The minimum atomic E-state index is -0.506. The van der Waals surface area contributed by atoms with Gasteiger partial charge in [0.25, 0.3) is 0 Å². The van der Waals surface area contributed by atoms with Crippen LogP contribution in [0.3, 0.4) is 0 Å². The monoisotopic (exact) mass is 276 g/mol. The molecule has 0 saturated carbocycles. The van der Waals surface area contributed by atoms with Crippen molar-refractivity contribution in [2.24, 2.45) is 0 Å². The summed E-state index contributed by atoms with van der Waals surface area (Å²) in [6.45, 7) is 4.05. The van der Waals surface area contributed by atoms with Crippen LogP contribution in [0.1, 0.15) is 22.8 Å². The molecule has 0 aliphatic carbocycles. The Hall–Kier alpha value is -1.32. The summed E-state index contributed by atoms with van der Waals surface area (Å²) >= 11 is 1.53. The summed E-state index contributed by atoms with van der Waals surface area (Å²) < 4.78 is 12.8. The van der Waals surface area contributed by atoms with Crippen LogP contribution in [0.4, 0.5) is 4.39 Å². The summed E-state index contributed by atoms with van der Waals surface area (Å²) in [4.78, 5) is 0.963. The van der Waals surface area contributed by atoms with Crippen molar-refractivity contribution in [3.63, 3.8) is 0 Å². The molecule has 0 spiro atoms. The van der Waals surface area contributed by atoms with Gasteiger partial charge in [-0.25, -0.2) is 4.39 Å². The Morgan fingerprint density at radius 2 is 1.63 bits per heavy atom. The lowest BCUT2D eigenvalue weighted by Crippen LogP contribution is -2.01. The fourth-order valence-electron chi connectivity index (χ4n) is 2.00. The minimum Gasteiger partial charge on any atom is -0.388 e. The van der Waals surface area contributed by atoms with Crippen molar-refractivity contribution in [3.8, 4) is 0 Å². The zero-order valence-electron chi connectivity index (χ0n) is 11.1. The van der Waals surface area contributed by atoms with E-state index in [4.69, 9.17) is 0 Å². The maximum atomic E-state index is 12.8. The third-order valence-corrected chi connectivity index (χ3v) is 3.94. The maximum absolute atomic E-state index is 12.8. The fourth-order valence-corrected chi connectivity index (χ4v) is 2.88. The molecule has 3 heteroatoms. The van der Waals surface area contributed by atoms with E-state index in [1.54, 1.807) is 12.1 Å². The largest absolute Gasteiger partial charge is 0.388 e. The highest BCUT2D eigenvalue weighted by atomic mass is 32.2. The van der Waals surface area contributed by atoms with Crippen LogP contribution in [0.25, 0.3) is 0 Å². The highest BCUT2D eigenvalue weighted by Crippen LogP contribution is 2.25. The topological polar surface area (TPSA) is 20.2 Å². The lowest BCUT2D eigenvalue weighted by molar-refractivity contribution is 0.204. The Balaban J connectivity index is 2.00. The lowest BCUT2D eigenvalue weighted by atomic mass is 10.0. The molecule has 1 N–H and O–H groups in total. The van der Waals surface area contributed by atoms with E-state index in [1.165, 1.54) is 23.9 Å². The average molecular weight is 276 g/mol.